The third-order valence-corrected chi connectivity index (χ3v) is 8.70. The number of imide groups is 1. The summed E-state index contributed by atoms with van der Waals surface area (Å²) in [5, 5.41) is 39.5. The number of aliphatic hydroxyl groups excluding tert-OH is 1. The van der Waals surface area contributed by atoms with Crippen LogP contribution in [-0.2, 0) is 20.9 Å². The highest BCUT2D eigenvalue weighted by Crippen LogP contribution is 2.51. The highest BCUT2D eigenvalue weighted by Gasteiger charge is 2.57. The van der Waals surface area contributed by atoms with Crippen LogP contribution in [-0.4, -0.2) is 57.3 Å². The molecule has 4 atom stereocenters. The van der Waals surface area contributed by atoms with Crippen molar-refractivity contribution in [3.05, 3.63) is 89.2 Å². The predicted octanol–water partition coefficient (Wildman–Crippen LogP) is 2.19. The lowest BCUT2D eigenvalue weighted by atomic mass is 9.58. The monoisotopic (exact) mass is 582 g/mol. The molecular formula is C31H32B2N2O8. The third-order valence-electron chi connectivity index (χ3n) is 8.70. The van der Waals surface area contributed by atoms with Crippen molar-refractivity contribution in [2.75, 3.05) is 4.90 Å². The summed E-state index contributed by atoms with van der Waals surface area (Å²) in [7, 11) is -2.83. The van der Waals surface area contributed by atoms with Crippen molar-refractivity contribution in [2.45, 2.75) is 45.2 Å². The van der Waals surface area contributed by atoms with Crippen molar-refractivity contribution < 1.29 is 38.8 Å². The molecule has 43 heavy (non-hydrogen) atoms. The first-order valence-electron chi connectivity index (χ1n) is 14.4. The molecule has 2 saturated heterocycles. The van der Waals surface area contributed by atoms with Crippen molar-refractivity contribution in [3.8, 4) is 0 Å². The molecule has 0 saturated carbocycles. The van der Waals surface area contributed by atoms with E-state index >= 15 is 0 Å². The number of hydrogen-bond acceptors (Lipinski definition) is 9. The van der Waals surface area contributed by atoms with Gasteiger partial charge >= 0.3 is 14.2 Å². The van der Waals surface area contributed by atoms with Gasteiger partial charge in [-0.3, -0.25) is 19.5 Å². The number of nitrogens with zero attached hydrogens (tertiary/aromatic N) is 2. The molecule has 2 aliphatic heterocycles. The Bertz CT molecular complexity index is 1590. The van der Waals surface area contributed by atoms with E-state index in [1.807, 2.05) is 31.2 Å². The Hall–Kier alpha value is -3.80. The van der Waals surface area contributed by atoms with E-state index < -0.39 is 32.2 Å². The van der Waals surface area contributed by atoms with Crippen molar-refractivity contribution in [1.29, 1.82) is 0 Å². The van der Waals surface area contributed by atoms with Gasteiger partial charge in [0.25, 0.3) is 0 Å². The Morgan fingerprint density at radius 1 is 1.12 bits per heavy atom. The minimum atomic E-state index is -1.73. The average molecular weight is 582 g/mol. The zero-order valence-corrected chi connectivity index (χ0v) is 23.7. The van der Waals surface area contributed by atoms with Crippen molar-refractivity contribution in [1.82, 2.24) is 4.98 Å². The molecule has 220 valence electrons. The fraction of sp³-hybridized carbons (Fsp3) is 0.323. The Labute approximate surface area is 249 Å². The molecule has 2 fully saturated rings. The first-order valence-corrected chi connectivity index (χ1v) is 14.4. The van der Waals surface area contributed by atoms with Crippen LogP contribution in [0.5, 0.6) is 0 Å². The number of amides is 2. The summed E-state index contributed by atoms with van der Waals surface area (Å²) in [5.41, 5.74) is 4.06. The number of carbonyl (C=O) groups is 2. The van der Waals surface area contributed by atoms with E-state index in [0.29, 0.717) is 36.5 Å². The van der Waals surface area contributed by atoms with E-state index in [9.17, 15) is 29.8 Å². The summed E-state index contributed by atoms with van der Waals surface area (Å²) in [6.07, 6.45) is 4.73. The number of aromatic nitrogens is 1. The van der Waals surface area contributed by atoms with E-state index in [2.05, 4.69) is 4.98 Å². The lowest BCUT2D eigenvalue weighted by Crippen LogP contribution is -2.46. The van der Waals surface area contributed by atoms with Gasteiger partial charge < -0.3 is 29.3 Å². The fourth-order valence-electron chi connectivity index (χ4n) is 6.84. The Kier molecular flexibility index (Phi) is 8.21. The van der Waals surface area contributed by atoms with Gasteiger partial charge in [-0.15, -0.1) is 0 Å². The Morgan fingerprint density at radius 2 is 1.95 bits per heavy atom. The molecule has 10 nitrogen and oxygen atoms in total. The summed E-state index contributed by atoms with van der Waals surface area (Å²) in [4.78, 5) is 33.2. The molecule has 0 spiro atoms. The van der Waals surface area contributed by atoms with Gasteiger partial charge in [-0.1, -0.05) is 23.8 Å². The number of aliphatic hydroxyl groups is 1. The van der Waals surface area contributed by atoms with Gasteiger partial charge in [-0.25, -0.2) is 0 Å². The summed E-state index contributed by atoms with van der Waals surface area (Å²) >= 11 is 0. The molecule has 0 bridgehead atoms. The van der Waals surface area contributed by atoms with E-state index in [-0.39, 0.29) is 36.1 Å². The molecule has 2 amide bonds. The maximum Gasteiger partial charge on any atom is 0.488 e. The summed E-state index contributed by atoms with van der Waals surface area (Å²) < 4.78 is 11.8. The quantitative estimate of drug-likeness (QED) is 0.178. The number of hydrogen-bond donors (Lipinski definition) is 4. The van der Waals surface area contributed by atoms with Crippen molar-refractivity contribution in [3.63, 3.8) is 0 Å². The normalized spacial score (nSPS) is 24.0. The maximum absolute atomic E-state index is 13.9. The number of furan rings is 1. The fourth-order valence-corrected chi connectivity index (χ4v) is 6.84. The van der Waals surface area contributed by atoms with Crippen LogP contribution >= 0.6 is 0 Å². The molecule has 0 unspecified atom stereocenters. The minimum Gasteiger partial charge on any atom is -0.459 e. The SMILES string of the molecule is CC1=C2[C@@H](CC/C(=C/c3ccc(CO)o3)c3ccccn3)OB(O)C[C@@H]2[C@@H]2C(=O)N(c3cccc(B(O)O)c3)C(=O)[C@@H]2C1. The number of fused-ring (bicyclic) bond motifs is 3. The number of allylic oxidation sites excluding steroid dienone is 2. The lowest BCUT2D eigenvalue weighted by molar-refractivity contribution is -0.122. The Morgan fingerprint density at radius 3 is 2.67 bits per heavy atom. The molecule has 4 heterocycles. The zero-order chi connectivity index (χ0) is 30.2. The largest absolute Gasteiger partial charge is 0.488 e. The maximum atomic E-state index is 13.9. The number of rotatable bonds is 8. The standard InChI is InChI=1S/C31H32B2N2O8/c1-18-13-24-29(31(38)35(30(24)37)21-6-4-5-20(15-21)33(40)41)25-16-32(39)43-27(28(18)25)11-8-19(26-7-2-3-12-34-26)14-22-9-10-23(17-36)42-22/h2-7,9-10,12,14-15,24-25,27,29,36,39-41H,8,11,13,16-17H2,1H3/b19-14-/t24-,25+,27-,29-/m1/s1. The van der Waals surface area contributed by atoms with E-state index in [0.717, 1.165) is 27.3 Å². The second-order valence-corrected chi connectivity index (χ2v) is 11.4. The van der Waals surface area contributed by atoms with Crippen molar-refractivity contribution >= 4 is 48.9 Å². The molecule has 2 aromatic heterocycles. The molecule has 3 aromatic rings. The molecule has 3 aliphatic rings. The third kappa shape index (κ3) is 5.64. The zero-order valence-electron chi connectivity index (χ0n) is 23.7. The minimum absolute atomic E-state index is 0.184. The number of benzene rings is 1. The van der Waals surface area contributed by atoms with Crippen LogP contribution in [0.3, 0.4) is 0 Å². The summed E-state index contributed by atoms with van der Waals surface area (Å²) in [5.74, 6) is -1.24. The van der Waals surface area contributed by atoms with Crippen LogP contribution < -0.4 is 10.4 Å². The number of anilines is 1. The molecule has 6 rings (SSSR count). The number of carbonyl (C=O) groups excluding carboxylic acids is 2. The first kappa shape index (κ1) is 29.3. The van der Waals surface area contributed by atoms with E-state index in [1.165, 1.54) is 12.1 Å². The van der Waals surface area contributed by atoms with Gasteiger partial charge in [0, 0.05) is 6.20 Å². The molecule has 12 heteroatoms. The predicted molar refractivity (Wildman–Crippen MR) is 160 cm³/mol. The van der Waals surface area contributed by atoms with Crippen LogP contribution in [0.15, 0.2) is 76.4 Å². The lowest BCUT2D eigenvalue weighted by Gasteiger charge is -2.42. The topological polar surface area (TPSA) is 154 Å². The average Bonchev–Trinajstić information content (AvgIpc) is 3.56. The van der Waals surface area contributed by atoms with Crippen LogP contribution in [0.4, 0.5) is 5.69 Å². The number of pyridine rings is 1. The van der Waals surface area contributed by atoms with Gasteiger partial charge in [0.2, 0.25) is 11.8 Å². The van der Waals surface area contributed by atoms with Gasteiger partial charge in [-0.05, 0) is 97.5 Å². The van der Waals surface area contributed by atoms with Gasteiger partial charge in [-0.2, -0.15) is 0 Å². The van der Waals surface area contributed by atoms with Crippen LogP contribution in [0.2, 0.25) is 6.32 Å². The second kappa shape index (κ2) is 12.1. The molecule has 4 N–H and O–H groups in total. The molecule has 0 radical (unpaired) electrons. The van der Waals surface area contributed by atoms with Crippen molar-refractivity contribution in [2.24, 2.45) is 17.8 Å². The van der Waals surface area contributed by atoms with Gasteiger partial charge in [0.1, 0.15) is 18.1 Å². The first-order chi connectivity index (χ1) is 20.7. The van der Waals surface area contributed by atoms with Gasteiger partial charge in [0.15, 0.2) is 0 Å². The van der Waals surface area contributed by atoms with E-state index in [1.54, 1.807) is 30.5 Å². The van der Waals surface area contributed by atoms with Crippen LogP contribution in [0.25, 0.3) is 11.6 Å². The smallest absolute Gasteiger partial charge is 0.459 e. The van der Waals surface area contributed by atoms with E-state index in [4.69, 9.17) is 9.07 Å². The molecule has 1 aliphatic carbocycles. The second-order valence-electron chi connectivity index (χ2n) is 11.4. The van der Waals surface area contributed by atoms with Crippen LogP contribution in [0, 0.1) is 17.8 Å². The highest BCUT2D eigenvalue weighted by atomic mass is 16.5. The summed E-state index contributed by atoms with van der Waals surface area (Å²) in [6.45, 7) is 1.76. The van der Waals surface area contributed by atoms with Gasteiger partial charge in [0.05, 0.1) is 29.3 Å². The Balaban J connectivity index is 1.28. The highest BCUT2D eigenvalue weighted by molar-refractivity contribution is 6.58. The summed E-state index contributed by atoms with van der Waals surface area (Å²) in [6, 6.07) is 15.3. The molecular weight excluding hydrogens is 550 g/mol. The molecule has 1 aromatic carbocycles. The van der Waals surface area contributed by atoms with Crippen LogP contribution in [0.1, 0.15) is 43.4 Å².